The van der Waals surface area contributed by atoms with Crippen LogP contribution in [0.4, 0.5) is 5.69 Å². The molecule has 0 radical (unpaired) electrons. The Morgan fingerprint density at radius 1 is 1.11 bits per heavy atom. The quantitative estimate of drug-likeness (QED) is 0.786. The second-order valence-electron chi connectivity index (χ2n) is 4.31. The van der Waals surface area contributed by atoms with Crippen LogP contribution in [0.3, 0.4) is 0 Å². The summed E-state index contributed by atoms with van der Waals surface area (Å²) in [5.41, 5.74) is 2.98. The number of nitriles is 1. The van der Waals surface area contributed by atoms with Gasteiger partial charge in [-0.15, -0.1) is 11.8 Å². The lowest BCUT2D eigenvalue weighted by Gasteiger charge is -2.21. The van der Waals surface area contributed by atoms with Crippen molar-refractivity contribution in [1.82, 2.24) is 0 Å². The van der Waals surface area contributed by atoms with E-state index in [-0.39, 0.29) is 0 Å². The van der Waals surface area contributed by atoms with Crippen molar-refractivity contribution < 1.29 is 0 Å². The Morgan fingerprint density at radius 3 is 2.47 bits per heavy atom. The van der Waals surface area contributed by atoms with Gasteiger partial charge in [-0.1, -0.05) is 36.4 Å². The minimum atomic E-state index is 0.758. The Morgan fingerprint density at radius 2 is 1.84 bits per heavy atom. The van der Waals surface area contributed by atoms with E-state index in [4.69, 9.17) is 0 Å². The first-order valence-corrected chi connectivity index (χ1v) is 7.31. The lowest BCUT2D eigenvalue weighted by Crippen LogP contribution is -2.17. The van der Waals surface area contributed by atoms with Crippen LogP contribution in [0.25, 0.3) is 0 Å². The SMILES string of the molecule is CSc1cccc(N(C)Cc2ccccc2)c1C#N. The largest absolute Gasteiger partial charge is 0.369 e. The summed E-state index contributed by atoms with van der Waals surface area (Å²) >= 11 is 1.61. The number of benzene rings is 2. The van der Waals surface area contributed by atoms with Gasteiger partial charge >= 0.3 is 0 Å². The molecular weight excluding hydrogens is 252 g/mol. The van der Waals surface area contributed by atoms with Gasteiger partial charge in [-0.25, -0.2) is 0 Å². The summed E-state index contributed by atoms with van der Waals surface area (Å²) in [6.45, 7) is 0.799. The van der Waals surface area contributed by atoms with Crippen molar-refractivity contribution in [3.05, 3.63) is 59.7 Å². The van der Waals surface area contributed by atoms with Crippen LogP contribution >= 0.6 is 11.8 Å². The molecule has 0 N–H and O–H groups in total. The van der Waals surface area contributed by atoms with E-state index in [9.17, 15) is 5.26 Å². The van der Waals surface area contributed by atoms with Crippen molar-refractivity contribution in [2.75, 3.05) is 18.2 Å². The molecule has 0 aliphatic heterocycles. The molecule has 0 unspecified atom stereocenters. The zero-order chi connectivity index (χ0) is 13.7. The molecule has 2 aromatic rings. The van der Waals surface area contributed by atoms with Crippen molar-refractivity contribution >= 4 is 17.4 Å². The monoisotopic (exact) mass is 268 g/mol. The molecule has 0 aliphatic rings. The van der Waals surface area contributed by atoms with E-state index in [0.717, 1.165) is 22.7 Å². The van der Waals surface area contributed by atoms with E-state index in [0.29, 0.717) is 0 Å². The first-order valence-electron chi connectivity index (χ1n) is 6.08. The number of rotatable bonds is 4. The van der Waals surface area contributed by atoms with Crippen molar-refractivity contribution in [3.63, 3.8) is 0 Å². The highest BCUT2D eigenvalue weighted by Crippen LogP contribution is 2.29. The summed E-state index contributed by atoms with van der Waals surface area (Å²) in [6.07, 6.45) is 2.00. The third-order valence-corrected chi connectivity index (χ3v) is 3.79. The van der Waals surface area contributed by atoms with Crippen LogP contribution in [-0.4, -0.2) is 13.3 Å². The van der Waals surface area contributed by atoms with Crippen molar-refractivity contribution in [2.24, 2.45) is 0 Å². The molecule has 96 valence electrons. The molecule has 2 rings (SSSR count). The molecule has 0 heterocycles. The molecule has 0 bridgehead atoms. The van der Waals surface area contributed by atoms with Gasteiger partial charge in [0.05, 0.1) is 11.3 Å². The molecule has 0 saturated carbocycles. The van der Waals surface area contributed by atoms with E-state index >= 15 is 0 Å². The van der Waals surface area contributed by atoms with Gasteiger partial charge in [0.1, 0.15) is 6.07 Å². The normalized spacial score (nSPS) is 9.95. The van der Waals surface area contributed by atoms with Crippen LogP contribution in [0.15, 0.2) is 53.4 Å². The second-order valence-corrected chi connectivity index (χ2v) is 5.16. The number of hydrogen-bond acceptors (Lipinski definition) is 3. The number of hydrogen-bond donors (Lipinski definition) is 0. The summed E-state index contributed by atoms with van der Waals surface area (Å²) < 4.78 is 0. The van der Waals surface area contributed by atoms with Crippen molar-refractivity contribution in [3.8, 4) is 6.07 Å². The summed E-state index contributed by atoms with van der Waals surface area (Å²) in [4.78, 5) is 3.15. The van der Waals surface area contributed by atoms with Crippen molar-refractivity contribution in [2.45, 2.75) is 11.4 Å². The highest BCUT2D eigenvalue weighted by Gasteiger charge is 2.11. The smallest absolute Gasteiger partial charge is 0.103 e. The molecule has 3 heteroatoms. The summed E-state index contributed by atoms with van der Waals surface area (Å²) in [5, 5.41) is 9.36. The lowest BCUT2D eigenvalue weighted by atomic mass is 10.1. The van der Waals surface area contributed by atoms with Crippen LogP contribution in [-0.2, 0) is 6.54 Å². The topological polar surface area (TPSA) is 27.0 Å². The van der Waals surface area contributed by atoms with Gasteiger partial charge in [0, 0.05) is 18.5 Å². The van der Waals surface area contributed by atoms with Crippen LogP contribution in [0.2, 0.25) is 0 Å². The molecule has 2 nitrogen and oxygen atoms in total. The molecule has 19 heavy (non-hydrogen) atoms. The molecule has 0 aliphatic carbocycles. The Bertz CT molecular complexity index is 587. The molecule has 0 spiro atoms. The predicted octanol–water partition coefficient (Wildman–Crippen LogP) is 3.92. The maximum absolute atomic E-state index is 9.36. The maximum atomic E-state index is 9.36. The Kier molecular flexibility index (Phi) is 4.48. The summed E-state index contributed by atoms with van der Waals surface area (Å²) in [6, 6.07) is 18.6. The van der Waals surface area contributed by atoms with Crippen LogP contribution in [0.5, 0.6) is 0 Å². The van der Waals surface area contributed by atoms with Gasteiger partial charge in [-0.3, -0.25) is 0 Å². The highest BCUT2D eigenvalue weighted by molar-refractivity contribution is 7.98. The zero-order valence-electron chi connectivity index (χ0n) is 11.1. The molecule has 2 aromatic carbocycles. The van der Waals surface area contributed by atoms with Gasteiger partial charge in [0.25, 0.3) is 0 Å². The zero-order valence-corrected chi connectivity index (χ0v) is 11.9. The minimum Gasteiger partial charge on any atom is -0.369 e. The lowest BCUT2D eigenvalue weighted by molar-refractivity contribution is 0.917. The van der Waals surface area contributed by atoms with Crippen LogP contribution in [0.1, 0.15) is 11.1 Å². The average Bonchev–Trinajstić information content (AvgIpc) is 2.47. The fraction of sp³-hybridized carbons (Fsp3) is 0.188. The Hall–Kier alpha value is -1.92. The molecular formula is C16H16N2S. The minimum absolute atomic E-state index is 0.758. The van der Waals surface area contributed by atoms with Crippen LogP contribution < -0.4 is 4.90 Å². The van der Waals surface area contributed by atoms with Gasteiger partial charge in [0.2, 0.25) is 0 Å². The summed E-state index contributed by atoms with van der Waals surface area (Å²) in [7, 11) is 2.02. The second kappa shape index (κ2) is 6.31. The van der Waals surface area contributed by atoms with Gasteiger partial charge in [-0.05, 0) is 24.0 Å². The standard InChI is InChI=1S/C16H16N2S/c1-18(12-13-7-4-3-5-8-13)15-9-6-10-16(19-2)14(15)11-17/h3-10H,12H2,1-2H3. The molecule has 0 saturated heterocycles. The van der Waals surface area contributed by atoms with Crippen LogP contribution in [0, 0.1) is 11.3 Å². The van der Waals surface area contributed by atoms with Gasteiger partial charge in [0.15, 0.2) is 0 Å². The number of thioether (sulfide) groups is 1. The maximum Gasteiger partial charge on any atom is 0.103 e. The first-order chi connectivity index (χ1) is 9.26. The van der Waals surface area contributed by atoms with E-state index in [2.05, 4.69) is 23.1 Å². The van der Waals surface area contributed by atoms with E-state index in [1.165, 1.54) is 5.56 Å². The van der Waals surface area contributed by atoms with Crippen molar-refractivity contribution in [1.29, 1.82) is 5.26 Å². The van der Waals surface area contributed by atoms with Gasteiger partial charge in [-0.2, -0.15) is 5.26 Å². The Labute approximate surface area is 118 Å². The fourth-order valence-electron chi connectivity index (χ4n) is 2.06. The average molecular weight is 268 g/mol. The van der Waals surface area contributed by atoms with E-state index in [1.807, 2.05) is 49.7 Å². The first kappa shape index (κ1) is 13.5. The van der Waals surface area contributed by atoms with Gasteiger partial charge < -0.3 is 4.90 Å². The van der Waals surface area contributed by atoms with E-state index in [1.54, 1.807) is 11.8 Å². The molecule has 0 amide bonds. The highest BCUT2D eigenvalue weighted by atomic mass is 32.2. The molecule has 0 atom stereocenters. The predicted molar refractivity (Wildman–Crippen MR) is 81.5 cm³/mol. The molecule has 0 aromatic heterocycles. The number of anilines is 1. The fourth-order valence-corrected chi connectivity index (χ4v) is 2.63. The molecule has 0 fully saturated rings. The third kappa shape index (κ3) is 3.10. The van der Waals surface area contributed by atoms with E-state index < -0.39 is 0 Å². The summed E-state index contributed by atoms with van der Waals surface area (Å²) in [5.74, 6) is 0. The third-order valence-electron chi connectivity index (χ3n) is 3.01. The number of nitrogens with zero attached hydrogens (tertiary/aromatic N) is 2. The Balaban J connectivity index is 2.29.